The Balaban J connectivity index is 1.71. The molecular weight excluding hydrogens is 360 g/mol. The molecule has 3 N–H and O–H groups in total. The number of aromatic nitrogens is 2. The molecular formula is C20H20N4O4. The molecule has 2 aliphatic rings. The summed E-state index contributed by atoms with van der Waals surface area (Å²) in [5, 5.41) is 14.8. The largest absolute Gasteiger partial charge is 0.376 e. The molecule has 8 nitrogen and oxygen atoms in total. The van der Waals surface area contributed by atoms with E-state index in [-0.39, 0.29) is 18.0 Å². The van der Waals surface area contributed by atoms with Crippen LogP contribution in [0.5, 0.6) is 0 Å². The zero-order valence-corrected chi connectivity index (χ0v) is 15.4. The van der Waals surface area contributed by atoms with Gasteiger partial charge in [0, 0.05) is 37.6 Å². The molecule has 0 unspecified atom stereocenters. The van der Waals surface area contributed by atoms with Gasteiger partial charge in [-0.25, -0.2) is 4.68 Å². The zero-order valence-electron chi connectivity index (χ0n) is 15.4. The summed E-state index contributed by atoms with van der Waals surface area (Å²) < 4.78 is 7.12. The Labute approximate surface area is 161 Å². The van der Waals surface area contributed by atoms with Crippen molar-refractivity contribution in [2.45, 2.75) is 25.0 Å². The van der Waals surface area contributed by atoms with E-state index in [0.717, 1.165) is 11.4 Å². The molecule has 28 heavy (non-hydrogen) atoms. The molecule has 1 saturated heterocycles. The van der Waals surface area contributed by atoms with Crippen LogP contribution >= 0.6 is 0 Å². The van der Waals surface area contributed by atoms with Crippen LogP contribution < -0.4 is 5.73 Å². The number of likely N-dealkylation sites (tertiary alicyclic amines) is 1. The first-order chi connectivity index (χ1) is 13.4. The van der Waals surface area contributed by atoms with Crippen LogP contribution in [0.2, 0.25) is 0 Å². The van der Waals surface area contributed by atoms with Crippen molar-refractivity contribution in [3.05, 3.63) is 46.8 Å². The third kappa shape index (κ3) is 3.05. The molecule has 0 radical (unpaired) electrons. The lowest BCUT2D eigenvalue weighted by molar-refractivity contribution is -0.137. The number of primary amides is 1. The first-order valence-electron chi connectivity index (χ1n) is 8.99. The first kappa shape index (κ1) is 18.2. The number of nitrogens with two attached hydrogens (primary N) is 1. The second kappa shape index (κ2) is 6.78. The van der Waals surface area contributed by atoms with Crippen molar-refractivity contribution in [3.63, 3.8) is 0 Å². The predicted octanol–water partition coefficient (Wildman–Crippen LogP) is -0.0114. The lowest BCUT2D eigenvalue weighted by atomic mass is 10.0. The summed E-state index contributed by atoms with van der Waals surface area (Å²) in [5.41, 5.74) is 6.97. The summed E-state index contributed by atoms with van der Waals surface area (Å²) >= 11 is 0. The van der Waals surface area contributed by atoms with E-state index in [1.807, 2.05) is 12.1 Å². The summed E-state index contributed by atoms with van der Waals surface area (Å²) in [6.45, 7) is 1.32. The van der Waals surface area contributed by atoms with E-state index in [4.69, 9.17) is 10.5 Å². The van der Waals surface area contributed by atoms with E-state index < -0.39 is 11.5 Å². The second-order valence-corrected chi connectivity index (χ2v) is 6.99. The summed E-state index contributed by atoms with van der Waals surface area (Å²) in [6, 6.07) is 7.25. The van der Waals surface area contributed by atoms with Crippen LogP contribution in [0.25, 0.3) is 5.69 Å². The number of benzene rings is 1. The number of ether oxygens (including phenoxy) is 1. The van der Waals surface area contributed by atoms with Crippen LogP contribution in [-0.4, -0.2) is 57.4 Å². The number of rotatable bonds is 2. The highest BCUT2D eigenvalue weighted by molar-refractivity contribution is 5.92. The Morgan fingerprint density at radius 2 is 2.25 bits per heavy atom. The van der Waals surface area contributed by atoms with Crippen LogP contribution in [0.4, 0.5) is 0 Å². The highest BCUT2D eigenvalue weighted by Crippen LogP contribution is 2.25. The Morgan fingerprint density at radius 1 is 1.43 bits per heavy atom. The third-order valence-corrected chi connectivity index (χ3v) is 5.07. The number of fused-ring (bicyclic) bond motifs is 1. The number of aliphatic hydroxyl groups is 1. The van der Waals surface area contributed by atoms with Gasteiger partial charge in [-0.3, -0.25) is 9.59 Å². The lowest BCUT2D eigenvalue weighted by Gasteiger charge is -2.15. The van der Waals surface area contributed by atoms with Crippen LogP contribution in [0.3, 0.4) is 0 Å². The Hall–Kier alpha value is -3.15. The quantitative estimate of drug-likeness (QED) is 0.712. The number of amides is 2. The van der Waals surface area contributed by atoms with Crippen molar-refractivity contribution in [1.82, 2.24) is 14.7 Å². The minimum absolute atomic E-state index is 0.208. The van der Waals surface area contributed by atoms with Gasteiger partial charge in [-0.2, -0.15) is 5.10 Å². The van der Waals surface area contributed by atoms with Crippen LogP contribution in [-0.2, 0) is 22.6 Å². The molecule has 1 aromatic heterocycles. The fraction of sp³-hybridized carbons (Fsp3) is 0.350. The van der Waals surface area contributed by atoms with Gasteiger partial charge in [-0.15, -0.1) is 0 Å². The van der Waals surface area contributed by atoms with Gasteiger partial charge in [0.15, 0.2) is 5.69 Å². The molecule has 1 aromatic carbocycles. The maximum Gasteiger partial charge on any atom is 0.269 e. The molecule has 1 atom stereocenters. The Kier molecular flexibility index (Phi) is 4.41. The highest BCUT2D eigenvalue weighted by atomic mass is 16.5. The van der Waals surface area contributed by atoms with Gasteiger partial charge in [0.25, 0.3) is 11.8 Å². The van der Waals surface area contributed by atoms with E-state index in [9.17, 15) is 14.7 Å². The molecule has 2 aromatic rings. The average molecular weight is 380 g/mol. The molecule has 2 aliphatic heterocycles. The predicted molar refractivity (Wildman–Crippen MR) is 99.5 cm³/mol. The fourth-order valence-electron chi connectivity index (χ4n) is 3.51. The van der Waals surface area contributed by atoms with Crippen molar-refractivity contribution >= 4 is 11.8 Å². The maximum atomic E-state index is 12.1. The number of nitrogens with zero attached hydrogens (tertiary/aromatic N) is 3. The number of carbonyl (C=O) groups is 2. The van der Waals surface area contributed by atoms with Crippen LogP contribution in [0.1, 0.15) is 33.7 Å². The van der Waals surface area contributed by atoms with Gasteiger partial charge < -0.3 is 20.5 Å². The average Bonchev–Trinajstić information content (AvgIpc) is 3.21. The third-order valence-electron chi connectivity index (χ3n) is 5.07. The van der Waals surface area contributed by atoms with E-state index >= 15 is 0 Å². The van der Waals surface area contributed by atoms with Crippen LogP contribution in [0.15, 0.2) is 24.3 Å². The summed E-state index contributed by atoms with van der Waals surface area (Å²) in [4.78, 5) is 25.3. The molecule has 0 aliphatic carbocycles. The molecule has 8 heteroatoms. The summed E-state index contributed by atoms with van der Waals surface area (Å²) in [7, 11) is 1.64. The van der Waals surface area contributed by atoms with Crippen molar-refractivity contribution in [3.8, 4) is 17.5 Å². The highest BCUT2D eigenvalue weighted by Gasteiger charge is 2.42. The zero-order chi connectivity index (χ0) is 19.9. The first-order valence-corrected chi connectivity index (χ1v) is 8.99. The summed E-state index contributed by atoms with van der Waals surface area (Å²) in [6.07, 6.45) is 0.899. The van der Waals surface area contributed by atoms with Gasteiger partial charge in [-0.05, 0) is 18.2 Å². The van der Waals surface area contributed by atoms with Gasteiger partial charge in [0.05, 0.1) is 24.6 Å². The monoisotopic (exact) mass is 380 g/mol. The minimum Gasteiger partial charge on any atom is -0.376 e. The molecule has 144 valence electrons. The second-order valence-electron chi connectivity index (χ2n) is 6.99. The van der Waals surface area contributed by atoms with Gasteiger partial charge in [0.1, 0.15) is 0 Å². The molecule has 0 spiro atoms. The van der Waals surface area contributed by atoms with E-state index in [2.05, 4.69) is 16.9 Å². The van der Waals surface area contributed by atoms with Crippen molar-refractivity contribution in [1.29, 1.82) is 0 Å². The Bertz CT molecular complexity index is 1030. The topological polar surface area (TPSA) is 111 Å². The molecule has 2 amide bonds. The number of likely N-dealkylation sites (N-methyl/N-ethyl adjacent to an activating group) is 1. The van der Waals surface area contributed by atoms with Gasteiger partial charge in [-0.1, -0.05) is 17.9 Å². The fourth-order valence-corrected chi connectivity index (χ4v) is 3.51. The lowest BCUT2D eigenvalue weighted by Crippen LogP contribution is -2.37. The SMILES string of the molecule is CN1CC[C@@](O)(C#Cc2cccc(-n3nc(C(N)=O)c4c3CCOC4)c2)C1=O. The molecule has 4 rings (SSSR count). The molecule has 0 saturated carbocycles. The van der Waals surface area contributed by atoms with Gasteiger partial charge in [0.2, 0.25) is 5.60 Å². The van der Waals surface area contributed by atoms with Crippen LogP contribution in [0, 0.1) is 11.8 Å². The smallest absolute Gasteiger partial charge is 0.269 e. The molecule has 1 fully saturated rings. The number of hydrogen-bond acceptors (Lipinski definition) is 5. The number of hydrogen-bond donors (Lipinski definition) is 2. The van der Waals surface area contributed by atoms with Crippen molar-refractivity contribution in [2.75, 3.05) is 20.2 Å². The number of carbonyl (C=O) groups excluding carboxylic acids is 2. The van der Waals surface area contributed by atoms with Crippen molar-refractivity contribution in [2.24, 2.45) is 5.73 Å². The summed E-state index contributed by atoms with van der Waals surface area (Å²) in [5.74, 6) is 4.62. The van der Waals surface area contributed by atoms with E-state index in [1.165, 1.54) is 4.90 Å². The molecule has 3 heterocycles. The normalized spacial score (nSPS) is 21.2. The van der Waals surface area contributed by atoms with E-state index in [0.29, 0.717) is 37.3 Å². The standard InChI is InChI=1S/C20H20N4O4/c1-23-9-8-20(27,19(23)26)7-5-13-3-2-4-14(11-13)24-16-6-10-28-12-15(16)17(22-24)18(21)25/h2-4,11,27H,6,8-10,12H2,1H3,(H2,21,25)/t20-/m0/s1. The maximum absolute atomic E-state index is 12.1. The Morgan fingerprint density at radius 3 is 2.96 bits per heavy atom. The van der Waals surface area contributed by atoms with Crippen molar-refractivity contribution < 1.29 is 19.4 Å². The van der Waals surface area contributed by atoms with Gasteiger partial charge >= 0.3 is 0 Å². The minimum atomic E-state index is -1.65. The molecule has 0 bridgehead atoms. The van der Waals surface area contributed by atoms with E-state index in [1.54, 1.807) is 23.9 Å².